The second-order valence-corrected chi connectivity index (χ2v) is 10.9. The first-order valence-electron chi connectivity index (χ1n) is 12.3. The summed E-state index contributed by atoms with van der Waals surface area (Å²) in [7, 11) is -7.89. The Morgan fingerprint density at radius 2 is 0.592 bits per heavy atom. The maximum absolute atomic E-state index is 8.49. The van der Waals surface area contributed by atoms with Gasteiger partial charge in [0.15, 0.2) is 20.0 Å². The minimum atomic E-state index is -4.94. The fourth-order valence-electron chi connectivity index (χ4n) is 2.82. The summed E-state index contributed by atoms with van der Waals surface area (Å²) in [4.78, 5) is 17.0. The molecule has 0 unspecified atom stereocenters. The summed E-state index contributed by atoms with van der Waals surface area (Å²) in [5, 5.41) is 33.8. The van der Waals surface area contributed by atoms with Gasteiger partial charge in [-0.15, -0.1) is 40.9 Å². The summed E-state index contributed by atoms with van der Waals surface area (Å²) >= 11 is 2.98. The third-order valence-corrected chi connectivity index (χ3v) is 6.32. The van der Waals surface area contributed by atoms with Crippen LogP contribution in [0.4, 0.5) is 0 Å². The number of aromatic nitrogens is 8. The molecule has 0 bridgehead atoms. The van der Waals surface area contributed by atoms with Gasteiger partial charge in [-0.25, -0.2) is 37.3 Å². The van der Waals surface area contributed by atoms with Crippen LogP contribution in [-0.2, 0) is 16.5 Å². The maximum atomic E-state index is 8.49. The van der Waals surface area contributed by atoms with Crippen molar-refractivity contribution in [3.63, 3.8) is 0 Å². The molecule has 0 saturated heterocycles. The molecule has 2 N–H and O–H groups in total. The SMILES string of the molecule is CO.CO.[Ni+2].[O-][Cl+3]([O-])([O-])[O-].[O-][Cl+3]([O-])([O-])[O-].c1ccc(-c2nnc(-c3ccccn3)s2)nc1.c1ccc(-c2nnc(-c3ccccn3)s2)nc1. The van der Waals surface area contributed by atoms with E-state index < -0.39 is 20.5 Å². The monoisotopic (exact) mass is 800 g/mol. The Labute approximate surface area is 300 Å². The van der Waals surface area contributed by atoms with Gasteiger partial charge in [0.25, 0.3) is 0 Å². The van der Waals surface area contributed by atoms with Gasteiger partial charge >= 0.3 is 16.5 Å². The molecule has 0 aromatic carbocycles. The van der Waals surface area contributed by atoms with Crippen LogP contribution in [0.5, 0.6) is 0 Å². The molecule has 0 radical (unpaired) electrons. The van der Waals surface area contributed by atoms with Crippen LogP contribution in [0.25, 0.3) is 42.8 Å². The van der Waals surface area contributed by atoms with Crippen molar-refractivity contribution in [3.8, 4) is 42.8 Å². The van der Waals surface area contributed by atoms with Crippen LogP contribution >= 0.6 is 22.7 Å². The fraction of sp³-hybridized carbons (Fsp3) is 0.0769. The molecular weight excluding hydrogens is 778 g/mol. The Bertz CT molecular complexity index is 1430. The van der Waals surface area contributed by atoms with Crippen LogP contribution in [-0.4, -0.2) is 64.8 Å². The summed E-state index contributed by atoms with van der Waals surface area (Å²) in [6, 6.07) is 22.9. The van der Waals surface area contributed by atoms with Crippen LogP contribution in [0.15, 0.2) is 97.6 Å². The van der Waals surface area contributed by atoms with E-state index in [1.165, 1.54) is 22.7 Å². The summed E-state index contributed by atoms with van der Waals surface area (Å²) in [5.41, 5.74) is 3.36. The quantitative estimate of drug-likeness (QED) is 0.158. The third kappa shape index (κ3) is 20.5. The zero-order valence-electron chi connectivity index (χ0n) is 24.9. The van der Waals surface area contributed by atoms with E-state index in [0.717, 1.165) is 57.0 Å². The molecule has 0 atom stereocenters. The number of hydrogen-bond donors (Lipinski definition) is 2. The van der Waals surface area contributed by atoms with Crippen molar-refractivity contribution in [2.75, 3.05) is 14.2 Å². The molecular formula is C26H24Cl2N8NiO10S2. The third-order valence-electron chi connectivity index (χ3n) is 4.39. The summed E-state index contributed by atoms with van der Waals surface area (Å²) in [5.74, 6) is 0. The number of halogens is 2. The van der Waals surface area contributed by atoms with Crippen molar-refractivity contribution >= 4 is 22.7 Å². The minimum absolute atomic E-state index is 0. The zero-order valence-corrected chi connectivity index (χ0v) is 29.0. The molecule has 0 aliphatic rings. The first kappa shape index (κ1) is 45.4. The van der Waals surface area contributed by atoms with Crippen molar-refractivity contribution in [1.29, 1.82) is 0 Å². The van der Waals surface area contributed by atoms with E-state index in [-0.39, 0.29) is 16.5 Å². The molecule has 6 aromatic rings. The van der Waals surface area contributed by atoms with Gasteiger partial charge in [0.1, 0.15) is 22.8 Å². The maximum Gasteiger partial charge on any atom is 2.00 e. The number of hydrogen-bond acceptors (Lipinski definition) is 20. The molecule has 0 fully saturated rings. The number of aliphatic hydroxyl groups excluding tert-OH is 2. The summed E-state index contributed by atoms with van der Waals surface area (Å²) < 4.78 is 67.9. The van der Waals surface area contributed by atoms with E-state index >= 15 is 0 Å². The molecule has 6 aromatic heterocycles. The number of pyridine rings is 4. The fourth-order valence-corrected chi connectivity index (χ4v) is 4.41. The van der Waals surface area contributed by atoms with Crippen molar-refractivity contribution < 1.29 is 84.5 Å². The van der Waals surface area contributed by atoms with Crippen molar-refractivity contribution in [2.24, 2.45) is 0 Å². The van der Waals surface area contributed by atoms with Crippen molar-refractivity contribution in [2.45, 2.75) is 0 Å². The molecule has 0 aliphatic carbocycles. The van der Waals surface area contributed by atoms with Crippen LogP contribution in [0.2, 0.25) is 0 Å². The van der Waals surface area contributed by atoms with Crippen molar-refractivity contribution in [3.05, 3.63) is 97.6 Å². The van der Waals surface area contributed by atoms with E-state index in [9.17, 15) is 0 Å². The molecule has 6 rings (SSSR count). The predicted octanol–water partition coefficient (Wildman–Crippen LogP) is -4.97. The van der Waals surface area contributed by atoms with Crippen LogP contribution in [0.3, 0.4) is 0 Å². The van der Waals surface area contributed by atoms with Gasteiger partial charge in [0, 0.05) is 39.0 Å². The van der Waals surface area contributed by atoms with E-state index in [1.807, 2.05) is 72.8 Å². The van der Waals surface area contributed by atoms with E-state index in [2.05, 4.69) is 40.3 Å². The Hall–Kier alpha value is -3.61. The van der Waals surface area contributed by atoms with Gasteiger partial charge in [0.05, 0.1) is 0 Å². The Kier molecular flexibility index (Phi) is 22.7. The average Bonchev–Trinajstić information content (AvgIpc) is 3.79. The van der Waals surface area contributed by atoms with E-state index in [0.29, 0.717) is 0 Å². The molecule has 0 amide bonds. The molecule has 0 spiro atoms. The predicted molar refractivity (Wildman–Crippen MR) is 149 cm³/mol. The van der Waals surface area contributed by atoms with Crippen LogP contribution < -0.4 is 37.3 Å². The molecule has 0 saturated carbocycles. The zero-order chi connectivity index (χ0) is 36.0. The first-order chi connectivity index (χ1) is 22.9. The molecule has 264 valence electrons. The second-order valence-electron chi connectivity index (χ2n) is 7.44. The Morgan fingerprint density at radius 3 is 0.735 bits per heavy atom. The second kappa shape index (κ2) is 24.5. The van der Waals surface area contributed by atoms with Crippen LogP contribution in [0.1, 0.15) is 0 Å². The standard InChI is InChI=1S/2C12H8N4S.2CH4O.2ClHO4.Ni/c2*1-3-7-13-9(5-1)11-15-16-12(17-11)10-6-2-4-8-14-10;2*1-2;2*2-1(3,4)5;/h2*1-8H;2*2H,1H3;2*(H,2,3,4,5);/q;;;;;;+2/p-2. The topological polar surface area (TPSA) is 328 Å². The van der Waals surface area contributed by atoms with Gasteiger partial charge < -0.3 is 10.2 Å². The Balaban J connectivity index is 0.000000678. The molecule has 49 heavy (non-hydrogen) atoms. The van der Waals surface area contributed by atoms with Crippen molar-refractivity contribution in [1.82, 2.24) is 40.3 Å². The molecule has 23 heteroatoms. The minimum Gasteiger partial charge on any atom is -0.400 e. The van der Waals surface area contributed by atoms with Gasteiger partial charge in [-0.05, 0) is 48.5 Å². The van der Waals surface area contributed by atoms with Gasteiger partial charge in [-0.3, -0.25) is 19.9 Å². The Morgan fingerprint density at radius 1 is 0.408 bits per heavy atom. The average molecular weight is 802 g/mol. The van der Waals surface area contributed by atoms with Gasteiger partial charge in [-0.2, -0.15) is 0 Å². The molecule has 0 aliphatic heterocycles. The normalized spacial score (nSPS) is 9.88. The number of rotatable bonds is 4. The van der Waals surface area contributed by atoms with Gasteiger partial charge in [0.2, 0.25) is 0 Å². The molecule has 6 heterocycles. The first-order valence-corrected chi connectivity index (χ1v) is 16.4. The smallest absolute Gasteiger partial charge is 0.400 e. The largest absolute Gasteiger partial charge is 2.00 e. The van der Waals surface area contributed by atoms with Crippen LogP contribution in [0, 0.1) is 20.5 Å². The summed E-state index contributed by atoms with van der Waals surface area (Å²) in [6.07, 6.45) is 6.99. The van der Waals surface area contributed by atoms with Gasteiger partial charge in [-0.1, -0.05) is 46.9 Å². The number of aliphatic hydroxyl groups is 2. The number of nitrogens with zero attached hydrogens (tertiary/aromatic N) is 8. The molecule has 18 nitrogen and oxygen atoms in total. The summed E-state index contributed by atoms with van der Waals surface area (Å²) in [6.45, 7) is 0. The van der Waals surface area contributed by atoms with E-state index in [1.54, 1.807) is 24.8 Å². The van der Waals surface area contributed by atoms with E-state index in [4.69, 9.17) is 47.5 Å².